The molecule has 0 spiro atoms. The summed E-state index contributed by atoms with van der Waals surface area (Å²) in [7, 11) is 2.01. The van der Waals surface area contributed by atoms with E-state index in [1.807, 2.05) is 13.1 Å². The van der Waals surface area contributed by atoms with Crippen LogP contribution in [0, 0.1) is 5.82 Å². The quantitative estimate of drug-likeness (QED) is 0.888. The molecule has 0 bridgehead atoms. The van der Waals surface area contributed by atoms with Gasteiger partial charge in [0.25, 0.3) is 0 Å². The zero-order valence-corrected chi connectivity index (χ0v) is 11.6. The lowest BCUT2D eigenvalue weighted by molar-refractivity contribution is -0.00272. The second kappa shape index (κ2) is 6.98. The van der Waals surface area contributed by atoms with Crippen molar-refractivity contribution in [2.45, 2.75) is 38.5 Å². The van der Waals surface area contributed by atoms with Crippen LogP contribution in [-0.2, 0) is 17.8 Å². The lowest BCUT2D eigenvalue weighted by atomic mass is 10.1. The molecule has 1 aliphatic heterocycles. The van der Waals surface area contributed by atoms with Gasteiger partial charge in [-0.25, -0.2) is 4.39 Å². The summed E-state index contributed by atoms with van der Waals surface area (Å²) in [5.41, 5.74) is 7.27. The Morgan fingerprint density at radius 2 is 2.26 bits per heavy atom. The number of hydrogen-bond acceptors (Lipinski definition) is 3. The van der Waals surface area contributed by atoms with E-state index in [-0.39, 0.29) is 5.82 Å². The third kappa shape index (κ3) is 4.27. The second-order valence-corrected chi connectivity index (χ2v) is 5.32. The number of benzene rings is 1. The zero-order valence-electron chi connectivity index (χ0n) is 11.6. The highest BCUT2D eigenvalue weighted by Crippen LogP contribution is 2.16. The van der Waals surface area contributed by atoms with Crippen LogP contribution in [0.3, 0.4) is 0 Å². The van der Waals surface area contributed by atoms with E-state index in [1.54, 1.807) is 6.07 Å². The van der Waals surface area contributed by atoms with Crippen LogP contribution in [0.1, 0.15) is 30.4 Å². The summed E-state index contributed by atoms with van der Waals surface area (Å²) in [6.45, 7) is 2.75. The number of nitrogens with two attached hydrogens (primary N) is 1. The fourth-order valence-electron chi connectivity index (χ4n) is 2.53. The minimum absolute atomic E-state index is 0.159. The maximum absolute atomic E-state index is 13.7. The SMILES string of the molecule is CN(Cc1cc(CN)ccc1F)CC1CCCCO1. The van der Waals surface area contributed by atoms with Crippen molar-refractivity contribution in [2.75, 3.05) is 20.2 Å². The van der Waals surface area contributed by atoms with Crippen LogP contribution in [0.4, 0.5) is 4.39 Å². The Hall–Kier alpha value is -0.970. The molecule has 0 radical (unpaired) electrons. The van der Waals surface area contributed by atoms with Gasteiger partial charge in [-0.15, -0.1) is 0 Å². The van der Waals surface area contributed by atoms with Crippen molar-refractivity contribution in [3.8, 4) is 0 Å². The molecule has 1 atom stereocenters. The van der Waals surface area contributed by atoms with E-state index in [0.29, 0.717) is 24.8 Å². The molecular formula is C15H23FN2O. The smallest absolute Gasteiger partial charge is 0.127 e. The maximum Gasteiger partial charge on any atom is 0.127 e. The third-order valence-corrected chi connectivity index (χ3v) is 3.58. The summed E-state index contributed by atoms with van der Waals surface area (Å²) in [5.74, 6) is -0.159. The van der Waals surface area contributed by atoms with Gasteiger partial charge < -0.3 is 10.5 Å². The summed E-state index contributed by atoms with van der Waals surface area (Å²) in [6, 6.07) is 5.10. The fourth-order valence-corrected chi connectivity index (χ4v) is 2.53. The van der Waals surface area contributed by atoms with Gasteiger partial charge in [-0.05, 0) is 37.9 Å². The number of ether oxygens (including phenoxy) is 1. The predicted octanol–water partition coefficient (Wildman–Crippen LogP) is 2.29. The third-order valence-electron chi connectivity index (χ3n) is 3.58. The van der Waals surface area contributed by atoms with E-state index >= 15 is 0 Å². The molecule has 1 aromatic carbocycles. The number of hydrogen-bond donors (Lipinski definition) is 1. The summed E-state index contributed by atoms with van der Waals surface area (Å²) < 4.78 is 19.5. The Balaban J connectivity index is 1.92. The summed E-state index contributed by atoms with van der Waals surface area (Å²) in [4.78, 5) is 2.12. The molecule has 1 aromatic rings. The van der Waals surface area contributed by atoms with Gasteiger partial charge >= 0.3 is 0 Å². The largest absolute Gasteiger partial charge is 0.377 e. The minimum atomic E-state index is -0.159. The Morgan fingerprint density at radius 1 is 1.42 bits per heavy atom. The zero-order chi connectivity index (χ0) is 13.7. The topological polar surface area (TPSA) is 38.5 Å². The first-order valence-electron chi connectivity index (χ1n) is 6.96. The fraction of sp³-hybridized carbons (Fsp3) is 0.600. The van der Waals surface area contributed by atoms with Crippen LogP contribution in [0.5, 0.6) is 0 Å². The average molecular weight is 266 g/mol. The molecule has 1 heterocycles. The normalized spacial score (nSPS) is 19.9. The number of nitrogens with zero attached hydrogens (tertiary/aromatic N) is 1. The monoisotopic (exact) mass is 266 g/mol. The van der Waals surface area contributed by atoms with Crippen molar-refractivity contribution in [3.63, 3.8) is 0 Å². The Kier molecular flexibility index (Phi) is 5.31. The van der Waals surface area contributed by atoms with Crippen molar-refractivity contribution in [2.24, 2.45) is 5.73 Å². The van der Waals surface area contributed by atoms with Gasteiger partial charge in [0.2, 0.25) is 0 Å². The summed E-state index contributed by atoms with van der Waals surface area (Å²) >= 11 is 0. The molecule has 1 aliphatic rings. The van der Waals surface area contributed by atoms with Crippen LogP contribution in [0.25, 0.3) is 0 Å². The summed E-state index contributed by atoms with van der Waals surface area (Å²) in [6.07, 6.45) is 3.79. The highest BCUT2D eigenvalue weighted by Gasteiger charge is 2.16. The van der Waals surface area contributed by atoms with Crippen molar-refractivity contribution in [1.29, 1.82) is 0 Å². The second-order valence-electron chi connectivity index (χ2n) is 5.32. The molecule has 4 heteroatoms. The van der Waals surface area contributed by atoms with E-state index < -0.39 is 0 Å². The van der Waals surface area contributed by atoms with E-state index in [1.165, 1.54) is 12.5 Å². The minimum Gasteiger partial charge on any atom is -0.377 e. The Labute approximate surface area is 114 Å². The van der Waals surface area contributed by atoms with Gasteiger partial charge in [-0.1, -0.05) is 12.1 Å². The van der Waals surface area contributed by atoms with E-state index in [0.717, 1.165) is 31.6 Å². The first kappa shape index (κ1) is 14.4. The van der Waals surface area contributed by atoms with Gasteiger partial charge in [0, 0.05) is 31.8 Å². The van der Waals surface area contributed by atoms with Crippen molar-refractivity contribution in [3.05, 3.63) is 35.1 Å². The number of rotatable bonds is 5. The van der Waals surface area contributed by atoms with Crippen LogP contribution >= 0.6 is 0 Å². The van der Waals surface area contributed by atoms with Crippen LogP contribution < -0.4 is 5.73 Å². The summed E-state index contributed by atoms with van der Waals surface area (Å²) in [5, 5.41) is 0. The molecule has 0 amide bonds. The van der Waals surface area contributed by atoms with E-state index in [4.69, 9.17) is 10.5 Å². The molecule has 1 unspecified atom stereocenters. The first-order chi connectivity index (χ1) is 9.19. The maximum atomic E-state index is 13.7. The molecule has 0 aliphatic carbocycles. The molecule has 1 fully saturated rings. The molecule has 106 valence electrons. The van der Waals surface area contributed by atoms with E-state index in [2.05, 4.69) is 4.90 Å². The van der Waals surface area contributed by atoms with Gasteiger partial charge in [0.1, 0.15) is 5.82 Å². The highest BCUT2D eigenvalue weighted by atomic mass is 19.1. The number of likely N-dealkylation sites (N-methyl/N-ethyl adjacent to an activating group) is 1. The van der Waals surface area contributed by atoms with Crippen LogP contribution in [0.15, 0.2) is 18.2 Å². The van der Waals surface area contributed by atoms with Gasteiger partial charge in [-0.3, -0.25) is 4.90 Å². The lowest BCUT2D eigenvalue weighted by Crippen LogP contribution is -2.33. The molecule has 19 heavy (non-hydrogen) atoms. The Morgan fingerprint density at radius 3 is 2.95 bits per heavy atom. The highest BCUT2D eigenvalue weighted by molar-refractivity contribution is 5.25. The van der Waals surface area contributed by atoms with Crippen molar-refractivity contribution < 1.29 is 9.13 Å². The first-order valence-corrected chi connectivity index (χ1v) is 6.96. The molecular weight excluding hydrogens is 243 g/mol. The number of halogens is 1. The predicted molar refractivity (Wildman–Crippen MR) is 74.2 cm³/mol. The molecule has 0 aromatic heterocycles. The van der Waals surface area contributed by atoms with Crippen LogP contribution in [-0.4, -0.2) is 31.2 Å². The van der Waals surface area contributed by atoms with Gasteiger partial charge in [0.05, 0.1) is 6.10 Å². The van der Waals surface area contributed by atoms with Gasteiger partial charge in [0.15, 0.2) is 0 Å². The lowest BCUT2D eigenvalue weighted by Gasteiger charge is -2.27. The van der Waals surface area contributed by atoms with Crippen molar-refractivity contribution >= 4 is 0 Å². The molecule has 2 rings (SSSR count). The molecule has 1 saturated heterocycles. The average Bonchev–Trinajstić information content (AvgIpc) is 2.42. The Bertz CT molecular complexity index is 405. The standard InChI is InChI=1S/C15H23FN2O/c1-18(11-14-4-2-3-7-19-14)10-13-8-12(9-17)5-6-15(13)16/h5-6,8,14H,2-4,7,9-11,17H2,1H3. The van der Waals surface area contributed by atoms with Gasteiger partial charge in [-0.2, -0.15) is 0 Å². The van der Waals surface area contributed by atoms with Crippen LogP contribution in [0.2, 0.25) is 0 Å². The molecule has 3 nitrogen and oxygen atoms in total. The van der Waals surface area contributed by atoms with Crippen molar-refractivity contribution in [1.82, 2.24) is 4.90 Å². The van der Waals surface area contributed by atoms with E-state index in [9.17, 15) is 4.39 Å². The molecule has 2 N–H and O–H groups in total. The molecule has 0 saturated carbocycles.